The number of carbonyl (C=O) groups is 1. The van der Waals surface area contributed by atoms with Crippen molar-refractivity contribution in [2.45, 2.75) is 18.1 Å². The normalized spacial score (nSPS) is 23.9. The van der Waals surface area contributed by atoms with Gasteiger partial charge in [0.1, 0.15) is 11.4 Å². The molecule has 0 N–H and O–H groups in total. The van der Waals surface area contributed by atoms with E-state index in [9.17, 15) is 13.2 Å². The Morgan fingerprint density at radius 1 is 1.38 bits per heavy atom. The summed E-state index contributed by atoms with van der Waals surface area (Å²) in [4.78, 5) is 21.5. The van der Waals surface area contributed by atoms with E-state index in [1.165, 1.54) is 0 Å². The quantitative estimate of drug-likeness (QED) is 0.703. The standard InChI is InChI=1S/C15H21N3O5S/c1-2-22-9-13(19)18-10-15(11-18)12(4-7-24(15,20)21)8-23-14-16-5-3-6-17-14/h3,5-6,12H,2,4,7-11H2,1H3/t12-/m0/s1. The second-order valence-electron chi connectivity index (χ2n) is 6.10. The third-order valence-electron chi connectivity index (χ3n) is 4.75. The van der Waals surface area contributed by atoms with Gasteiger partial charge in [0.2, 0.25) is 5.91 Å². The highest BCUT2D eigenvalue weighted by Gasteiger charge is 2.62. The Morgan fingerprint density at radius 2 is 2.08 bits per heavy atom. The van der Waals surface area contributed by atoms with Gasteiger partial charge in [0.15, 0.2) is 9.84 Å². The molecule has 0 aliphatic carbocycles. The maximum absolute atomic E-state index is 12.5. The Balaban J connectivity index is 1.65. The number of nitrogens with zero attached hydrogens (tertiary/aromatic N) is 3. The van der Waals surface area contributed by atoms with Gasteiger partial charge in [0.05, 0.1) is 12.4 Å². The zero-order chi connectivity index (χ0) is 17.2. The van der Waals surface area contributed by atoms with Gasteiger partial charge < -0.3 is 14.4 Å². The topological polar surface area (TPSA) is 98.7 Å². The number of ether oxygens (including phenoxy) is 2. The molecule has 3 heterocycles. The van der Waals surface area contributed by atoms with Crippen molar-refractivity contribution in [3.05, 3.63) is 18.5 Å². The van der Waals surface area contributed by atoms with Crippen LogP contribution in [0.4, 0.5) is 0 Å². The number of hydrogen-bond donors (Lipinski definition) is 0. The average Bonchev–Trinajstić information content (AvgIpc) is 2.81. The molecule has 1 aromatic heterocycles. The van der Waals surface area contributed by atoms with E-state index in [0.29, 0.717) is 13.0 Å². The van der Waals surface area contributed by atoms with Crippen LogP contribution in [0.15, 0.2) is 18.5 Å². The fraction of sp³-hybridized carbons (Fsp3) is 0.667. The molecule has 0 aromatic carbocycles. The molecule has 9 heteroatoms. The summed E-state index contributed by atoms with van der Waals surface area (Å²) in [5.41, 5.74) is 0. The molecule has 1 atom stereocenters. The molecule has 1 amide bonds. The molecule has 2 aliphatic heterocycles. The van der Waals surface area contributed by atoms with Crippen LogP contribution in [0, 0.1) is 5.92 Å². The Labute approximate surface area is 141 Å². The second-order valence-corrected chi connectivity index (χ2v) is 8.55. The molecule has 1 spiro atoms. The van der Waals surface area contributed by atoms with Gasteiger partial charge in [-0.1, -0.05) is 0 Å². The van der Waals surface area contributed by atoms with E-state index >= 15 is 0 Å². The van der Waals surface area contributed by atoms with E-state index in [2.05, 4.69) is 9.97 Å². The van der Waals surface area contributed by atoms with Crippen LogP contribution in [0.25, 0.3) is 0 Å². The largest absolute Gasteiger partial charge is 0.463 e. The molecule has 1 aromatic rings. The second kappa shape index (κ2) is 6.64. The fourth-order valence-corrected chi connectivity index (χ4v) is 5.70. The molecule has 2 saturated heterocycles. The van der Waals surface area contributed by atoms with Gasteiger partial charge in [-0.3, -0.25) is 4.79 Å². The number of carbonyl (C=O) groups excluding carboxylic acids is 1. The smallest absolute Gasteiger partial charge is 0.316 e. The molecule has 2 aliphatic rings. The van der Waals surface area contributed by atoms with Crippen molar-refractivity contribution >= 4 is 15.7 Å². The minimum Gasteiger partial charge on any atom is -0.463 e. The molecule has 0 saturated carbocycles. The van der Waals surface area contributed by atoms with Gasteiger partial charge >= 0.3 is 6.01 Å². The van der Waals surface area contributed by atoms with E-state index in [1.807, 2.05) is 6.92 Å². The van der Waals surface area contributed by atoms with Crippen LogP contribution in [0.5, 0.6) is 6.01 Å². The van der Waals surface area contributed by atoms with Gasteiger partial charge in [-0.25, -0.2) is 18.4 Å². The third-order valence-corrected chi connectivity index (χ3v) is 7.36. The van der Waals surface area contributed by atoms with Gasteiger partial charge in [0.25, 0.3) is 0 Å². The SMILES string of the molecule is CCOCC(=O)N1CC2(C1)[C@H](COc1ncccn1)CCS2(=O)=O. The van der Waals surface area contributed by atoms with Crippen molar-refractivity contribution < 1.29 is 22.7 Å². The average molecular weight is 355 g/mol. The fourth-order valence-electron chi connectivity index (χ4n) is 3.30. The Hall–Kier alpha value is -1.74. The minimum atomic E-state index is -3.25. The number of hydrogen-bond acceptors (Lipinski definition) is 7. The zero-order valence-electron chi connectivity index (χ0n) is 13.6. The van der Waals surface area contributed by atoms with E-state index in [0.717, 1.165) is 0 Å². The highest BCUT2D eigenvalue weighted by Crippen LogP contribution is 2.44. The number of amides is 1. The van der Waals surface area contributed by atoms with E-state index < -0.39 is 14.6 Å². The van der Waals surface area contributed by atoms with Gasteiger partial charge in [-0.2, -0.15) is 0 Å². The minimum absolute atomic E-state index is 0.00828. The van der Waals surface area contributed by atoms with Crippen molar-refractivity contribution in [1.29, 1.82) is 0 Å². The number of aromatic nitrogens is 2. The van der Waals surface area contributed by atoms with Crippen LogP contribution in [0.1, 0.15) is 13.3 Å². The monoisotopic (exact) mass is 355 g/mol. The van der Waals surface area contributed by atoms with Gasteiger partial charge in [0, 0.05) is 38.0 Å². The summed E-state index contributed by atoms with van der Waals surface area (Å²) in [6, 6.07) is 1.92. The lowest BCUT2D eigenvalue weighted by Gasteiger charge is -2.49. The third kappa shape index (κ3) is 2.98. The molecule has 0 bridgehead atoms. The summed E-state index contributed by atoms with van der Waals surface area (Å²) in [7, 11) is -3.25. The highest BCUT2D eigenvalue weighted by atomic mass is 32.2. The summed E-state index contributed by atoms with van der Waals surface area (Å²) in [5.74, 6) is -0.206. The van der Waals surface area contributed by atoms with Crippen molar-refractivity contribution in [2.24, 2.45) is 5.92 Å². The molecule has 0 unspecified atom stereocenters. The van der Waals surface area contributed by atoms with Crippen molar-refractivity contribution in [2.75, 3.05) is 38.7 Å². The van der Waals surface area contributed by atoms with Crippen LogP contribution >= 0.6 is 0 Å². The summed E-state index contributed by atoms with van der Waals surface area (Å²) in [6.45, 7) is 2.92. The maximum atomic E-state index is 12.5. The molecule has 24 heavy (non-hydrogen) atoms. The molecule has 8 nitrogen and oxygen atoms in total. The van der Waals surface area contributed by atoms with Crippen LogP contribution in [0.2, 0.25) is 0 Å². The first kappa shape index (κ1) is 17.1. The molecule has 3 rings (SSSR count). The predicted molar refractivity (Wildman–Crippen MR) is 85.2 cm³/mol. The summed E-state index contributed by atoms with van der Waals surface area (Å²) in [6.07, 6.45) is 3.67. The number of rotatable bonds is 6. The lowest BCUT2D eigenvalue weighted by Crippen LogP contribution is -2.69. The Morgan fingerprint density at radius 3 is 2.75 bits per heavy atom. The maximum Gasteiger partial charge on any atom is 0.316 e. The van der Waals surface area contributed by atoms with E-state index in [1.54, 1.807) is 23.4 Å². The van der Waals surface area contributed by atoms with Crippen LogP contribution in [-0.2, 0) is 19.4 Å². The highest BCUT2D eigenvalue weighted by molar-refractivity contribution is 7.93. The lowest BCUT2D eigenvalue weighted by molar-refractivity contribution is -0.142. The summed E-state index contributed by atoms with van der Waals surface area (Å²) in [5, 5.41) is 0. The van der Waals surface area contributed by atoms with Gasteiger partial charge in [-0.05, 0) is 19.4 Å². The van der Waals surface area contributed by atoms with Crippen molar-refractivity contribution in [3.8, 4) is 6.01 Å². The molecule has 0 radical (unpaired) electrons. The number of sulfone groups is 1. The zero-order valence-corrected chi connectivity index (χ0v) is 14.4. The Kier molecular flexibility index (Phi) is 4.73. The van der Waals surface area contributed by atoms with Crippen molar-refractivity contribution in [1.82, 2.24) is 14.9 Å². The first-order valence-electron chi connectivity index (χ1n) is 7.96. The molecule has 132 valence electrons. The predicted octanol–water partition coefficient (Wildman–Crippen LogP) is -0.0924. The molecule has 2 fully saturated rings. The Bertz CT molecular complexity index is 688. The van der Waals surface area contributed by atoms with Crippen LogP contribution in [0.3, 0.4) is 0 Å². The van der Waals surface area contributed by atoms with Crippen LogP contribution < -0.4 is 4.74 Å². The molecular formula is C15H21N3O5S. The van der Waals surface area contributed by atoms with E-state index in [-0.39, 0.29) is 49.9 Å². The number of likely N-dealkylation sites (tertiary alicyclic amines) is 1. The van der Waals surface area contributed by atoms with E-state index in [4.69, 9.17) is 9.47 Å². The first-order chi connectivity index (χ1) is 11.5. The molecular weight excluding hydrogens is 334 g/mol. The summed E-state index contributed by atoms with van der Waals surface area (Å²) >= 11 is 0. The van der Waals surface area contributed by atoms with Crippen molar-refractivity contribution in [3.63, 3.8) is 0 Å². The lowest BCUT2D eigenvalue weighted by atomic mass is 9.83. The van der Waals surface area contributed by atoms with Crippen LogP contribution in [-0.4, -0.2) is 72.6 Å². The van der Waals surface area contributed by atoms with Gasteiger partial charge in [-0.15, -0.1) is 0 Å². The first-order valence-corrected chi connectivity index (χ1v) is 9.61. The summed E-state index contributed by atoms with van der Waals surface area (Å²) < 4.78 is 34.8.